The van der Waals surface area contributed by atoms with Crippen LogP contribution in [0, 0.1) is 10.1 Å². The van der Waals surface area contributed by atoms with Gasteiger partial charge < -0.3 is 5.73 Å². The lowest BCUT2D eigenvalue weighted by Crippen LogP contribution is -2.08. The highest BCUT2D eigenvalue weighted by Gasteiger charge is 2.11. The lowest BCUT2D eigenvalue weighted by molar-refractivity contribution is -0.384. The van der Waals surface area contributed by atoms with Crippen LogP contribution in [-0.2, 0) is 6.54 Å². The van der Waals surface area contributed by atoms with Crippen LogP contribution in [0.4, 0.5) is 5.69 Å². The monoisotopic (exact) mass is 247 g/mol. The van der Waals surface area contributed by atoms with Gasteiger partial charge in [-0.15, -0.1) is 5.10 Å². The third kappa shape index (κ3) is 2.51. The van der Waals surface area contributed by atoms with Gasteiger partial charge in [-0.3, -0.25) is 10.1 Å². The quantitative estimate of drug-likeness (QED) is 0.632. The number of aryl methyl sites for hydroxylation is 1. The van der Waals surface area contributed by atoms with Crippen LogP contribution in [0.25, 0.3) is 11.3 Å². The van der Waals surface area contributed by atoms with Crippen molar-refractivity contribution in [3.63, 3.8) is 0 Å². The molecule has 0 saturated heterocycles. The molecule has 0 amide bonds. The molecule has 7 nitrogen and oxygen atoms in total. The summed E-state index contributed by atoms with van der Waals surface area (Å²) in [5, 5.41) is 18.5. The van der Waals surface area contributed by atoms with Gasteiger partial charge in [-0.2, -0.15) is 0 Å². The zero-order valence-electron chi connectivity index (χ0n) is 9.69. The average Bonchev–Trinajstić information content (AvgIpc) is 2.84. The first kappa shape index (κ1) is 12.2. The minimum absolute atomic E-state index is 0.0547. The molecule has 0 aliphatic carbocycles. The van der Waals surface area contributed by atoms with Gasteiger partial charge in [-0.1, -0.05) is 17.3 Å². The zero-order chi connectivity index (χ0) is 13.0. The van der Waals surface area contributed by atoms with E-state index in [1.807, 2.05) is 0 Å². The Kier molecular flexibility index (Phi) is 3.63. The van der Waals surface area contributed by atoms with Crippen LogP contribution in [0.1, 0.15) is 6.42 Å². The summed E-state index contributed by atoms with van der Waals surface area (Å²) in [5.41, 5.74) is 6.99. The van der Waals surface area contributed by atoms with Gasteiger partial charge in [-0.25, -0.2) is 4.68 Å². The number of benzene rings is 1. The van der Waals surface area contributed by atoms with E-state index < -0.39 is 4.92 Å². The molecule has 2 aromatic rings. The molecule has 0 unspecified atom stereocenters. The molecular weight excluding hydrogens is 234 g/mol. The average molecular weight is 247 g/mol. The predicted molar refractivity (Wildman–Crippen MR) is 65.8 cm³/mol. The number of rotatable bonds is 5. The predicted octanol–water partition coefficient (Wildman–Crippen LogP) is 1.20. The van der Waals surface area contributed by atoms with Gasteiger partial charge in [0, 0.05) is 24.2 Å². The van der Waals surface area contributed by atoms with Gasteiger partial charge in [0.25, 0.3) is 5.69 Å². The second-order valence-corrected chi connectivity index (χ2v) is 3.79. The number of nitro benzene ring substituents is 1. The molecule has 18 heavy (non-hydrogen) atoms. The van der Waals surface area contributed by atoms with Crippen LogP contribution >= 0.6 is 0 Å². The number of aromatic nitrogens is 3. The maximum atomic E-state index is 10.7. The smallest absolute Gasteiger partial charge is 0.270 e. The third-order valence-corrected chi connectivity index (χ3v) is 2.54. The van der Waals surface area contributed by atoms with E-state index in [1.165, 1.54) is 12.1 Å². The van der Waals surface area contributed by atoms with Crippen molar-refractivity contribution in [3.05, 3.63) is 40.6 Å². The second kappa shape index (κ2) is 5.37. The normalized spacial score (nSPS) is 10.5. The van der Waals surface area contributed by atoms with E-state index in [9.17, 15) is 10.1 Å². The molecule has 0 saturated carbocycles. The molecule has 2 rings (SSSR count). The highest BCUT2D eigenvalue weighted by molar-refractivity contribution is 5.61. The van der Waals surface area contributed by atoms with Gasteiger partial charge in [0.1, 0.15) is 0 Å². The van der Waals surface area contributed by atoms with Crippen LogP contribution in [-0.4, -0.2) is 26.5 Å². The number of hydrogen-bond acceptors (Lipinski definition) is 5. The topological polar surface area (TPSA) is 99.9 Å². The highest BCUT2D eigenvalue weighted by Crippen LogP contribution is 2.22. The standard InChI is InChI=1S/C11H13N5O2/c12-5-2-6-15-11(8-13-14-15)9-3-1-4-10(7-9)16(17)18/h1,3-4,7-8H,2,5-6,12H2. The maximum Gasteiger partial charge on any atom is 0.270 e. The summed E-state index contributed by atoms with van der Waals surface area (Å²) in [5.74, 6) is 0. The molecule has 2 N–H and O–H groups in total. The van der Waals surface area contributed by atoms with Crippen LogP contribution in [0.15, 0.2) is 30.5 Å². The van der Waals surface area contributed by atoms with E-state index >= 15 is 0 Å². The van der Waals surface area contributed by atoms with Gasteiger partial charge >= 0.3 is 0 Å². The van der Waals surface area contributed by atoms with Crippen LogP contribution in [0.5, 0.6) is 0 Å². The van der Waals surface area contributed by atoms with E-state index in [1.54, 1.807) is 23.0 Å². The fourth-order valence-corrected chi connectivity index (χ4v) is 1.67. The van der Waals surface area contributed by atoms with E-state index in [0.717, 1.165) is 17.7 Å². The minimum Gasteiger partial charge on any atom is -0.330 e. The molecule has 7 heteroatoms. The molecule has 0 aliphatic heterocycles. The number of nitrogens with zero attached hydrogens (tertiary/aromatic N) is 4. The Balaban J connectivity index is 2.33. The fourth-order valence-electron chi connectivity index (χ4n) is 1.67. The Bertz CT molecular complexity index is 552. The summed E-state index contributed by atoms with van der Waals surface area (Å²) in [6.07, 6.45) is 2.38. The summed E-state index contributed by atoms with van der Waals surface area (Å²) in [4.78, 5) is 10.3. The molecular formula is C11H13N5O2. The SMILES string of the molecule is NCCCn1nncc1-c1cccc([N+](=O)[O-])c1. The largest absolute Gasteiger partial charge is 0.330 e. The summed E-state index contributed by atoms with van der Waals surface area (Å²) < 4.78 is 1.70. The molecule has 1 heterocycles. The molecule has 0 bridgehead atoms. The Morgan fingerprint density at radius 2 is 2.28 bits per heavy atom. The first-order chi connectivity index (χ1) is 8.72. The molecule has 0 radical (unpaired) electrons. The Morgan fingerprint density at radius 1 is 1.44 bits per heavy atom. The van der Waals surface area contributed by atoms with Crippen molar-refractivity contribution < 1.29 is 4.92 Å². The van der Waals surface area contributed by atoms with Crippen molar-refractivity contribution >= 4 is 5.69 Å². The van der Waals surface area contributed by atoms with Crippen molar-refractivity contribution in [3.8, 4) is 11.3 Å². The Labute approximate surface area is 103 Å². The van der Waals surface area contributed by atoms with Gasteiger partial charge in [0.05, 0.1) is 16.8 Å². The molecule has 0 atom stereocenters. The summed E-state index contributed by atoms with van der Waals surface area (Å²) in [6, 6.07) is 6.41. The van der Waals surface area contributed by atoms with Crippen LogP contribution < -0.4 is 5.73 Å². The zero-order valence-corrected chi connectivity index (χ0v) is 9.69. The molecule has 0 spiro atoms. The Morgan fingerprint density at radius 3 is 3.00 bits per heavy atom. The number of nitrogens with two attached hydrogens (primary N) is 1. The summed E-state index contributed by atoms with van der Waals surface area (Å²) >= 11 is 0. The van der Waals surface area contributed by atoms with Crippen molar-refractivity contribution in [2.45, 2.75) is 13.0 Å². The summed E-state index contributed by atoms with van der Waals surface area (Å²) in [7, 11) is 0. The van der Waals surface area contributed by atoms with Crippen molar-refractivity contribution in [2.24, 2.45) is 5.73 Å². The second-order valence-electron chi connectivity index (χ2n) is 3.79. The number of nitro groups is 1. The molecule has 0 aliphatic rings. The fraction of sp³-hybridized carbons (Fsp3) is 0.273. The lowest BCUT2D eigenvalue weighted by Gasteiger charge is -2.05. The van der Waals surface area contributed by atoms with Gasteiger partial charge in [0.15, 0.2) is 0 Å². The van der Waals surface area contributed by atoms with Crippen LogP contribution in [0.3, 0.4) is 0 Å². The van der Waals surface area contributed by atoms with Gasteiger partial charge in [0.2, 0.25) is 0 Å². The third-order valence-electron chi connectivity index (χ3n) is 2.54. The van der Waals surface area contributed by atoms with E-state index in [2.05, 4.69) is 10.3 Å². The first-order valence-electron chi connectivity index (χ1n) is 5.56. The van der Waals surface area contributed by atoms with E-state index in [4.69, 9.17) is 5.73 Å². The lowest BCUT2D eigenvalue weighted by atomic mass is 10.1. The maximum absolute atomic E-state index is 10.7. The van der Waals surface area contributed by atoms with Crippen molar-refractivity contribution in [1.82, 2.24) is 15.0 Å². The van der Waals surface area contributed by atoms with Crippen LogP contribution in [0.2, 0.25) is 0 Å². The number of hydrogen-bond donors (Lipinski definition) is 1. The highest BCUT2D eigenvalue weighted by atomic mass is 16.6. The minimum atomic E-state index is -0.419. The summed E-state index contributed by atoms with van der Waals surface area (Å²) in [6.45, 7) is 1.21. The van der Waals surface area contributed by atoms with Crippen molar-refractivity contribution in [2.75, 3.05) is 6.54 Å². The molecule has 1 aromatic heterocycles. The molecule has 1 aromatic carbocycles. The van der Waals surface area contributed by atoms with E-state index in [0.29, 0.717) is 13.1 Å². The van der Waals surface area contributed by atoms with Gasteiger partial charge in [-0.05, 0) is 13.0 Å². The molecule has 94 valence electrons. The first-order valence-corrected chi connectivity index (χ1v) is 5.56. The van der Waals surface area contributed by atoms with Crippen molar-refractivity contribution in [1.29, 1.82) is 0 Å². The molecule has 0 fully saturated rings. The Hall–Kier alpha value is -2.28. The number of non-ortho nitro benzene ring substituents is 1. The van der Waals surface area contributed by atoms with E-state index in [-0.39, 0.29) is 5.69 Å².